The number of aryl methyl sites for hydroxylation is 1. The van der Waals surface area contributed by atoms with Gasteiger partial charge in [-0.2, -0.15) is 0 Å². The fourth-order valence-electron chi connectivity index (χ4n) is 2.06. The highest BCUT2D eigenvalue weighted by atomic mass is 19.1. The van der Waals surface area contributed by atoms with Crippen molar-refractivity contribution >= 4 is 11.6 Å². The minimum atomic E-state index is -1.00. The van der Waals surface area contributed by atoms with Gasteiger partial charge < -0.3 is 9.51 Å². The Morgan fingerprint density at radius 1 is 1.35 bits per heavy atom. The van der Waals surface area contributed by atoms with Crippen LogP contribution in [0.15, 0.2) is 36.7 Å². The van der Waals surface area contributed by atoms with Crippen LogP contribution in [0.3, 0.4) is 0 Å². The zero-order chi connectivity index (χ0) is 14.3. The number of aromatic carboxylic acids is 1. The van der Waals surface area contributed by atoms with Crippen LogP contribution < -0.4 is 0 Å². The molecule has 0 atom stereocenters. The van der Waals surface area contributed by atoms with Crippen molar-refractivity contribution in [3.8, 4) is 11.4 Å². The molecule has 0 fully saturated rings. The Morgan fingerprint density at radius 2 is 2.15 bits per heavy atom. The molecule has 0 bridgehead atoms. The lowest BCUT2D eigenvalue weighted by Gasteiger charge is -1.99. The lowest BCUT2D eigenvalue weighted by atomic mass is 10.2. The van der Waals surface area contributed by atoms with E-state index in [4.69, 9.17) is 5.11 Å². The first-order valence-corrected chi connectivity index (χ1v) is 5.90. The smallest absolute Gasteiger partial charge is 0.335 e. The molecule has 3 aromatic heterocycles. The van der Waals surface area contributed by atoms with Crippen molar-refractivity contribution in [2.45, 2.75) is 6.92 Å². The van der Waals surface area contributed by atoms with Crippen LogP contribution in [-0.2, 0) is 0 Å². The standard InChI is InChI=1S/C14H10FN3O2/c1-8-13(11-3-2-10(15)7-16-11)17-12-6-9(14(19)20)4-5-18(8)12/h2-7H,1H3,(H,19,20). The summed E-state index contributed by atoms with van der Waals surface area (Å²) in [7, 11) is 0. The Labute approximate surface area is 113 Å². The maximum atomic E-state index is 12.9. The van der Waals surface area contributed by atoms with Crippen molar-refractivity contribution in [3.05, 3.63) is 53.7 Å². The Morgan fingerprint density at radius 3 is 2.80 bits per heavy atom. The van der Waals surface area contributed by atoms with Crippen molar-refractivity contribution in [1.29, 1.82) is 0 Å². The molecular weight excluding hydrogens is 261 g/mol. The molecule has 0 radical (unpaired) electrons. The van der Waals surface area contributed by atoms with Gasteiger partial charge in [-0.1, -0.05) is 0 Å². The number of imidazole rings is 1. The molecule has 20 heavy (non-hydrogen) atoms. The molecule has 0 aliphatic carbocycles. The number of hydrogen-bond donors (Lipinski definition) is 1. The summed E-state index contributed by atoms with van der Waals surface area (Å²) < 4.78 is 14.7. The maximum Gasteiger partial charge on any atom is 0.335 e. The molecular formula is C14H10FN3O2. The quantitative estimate of drug-likeness (QED) is 0.777. The molecule has 3 aromatic rings. The second kappa shape index (κ2) is 4.41. The molecule has 0 aliphatic rings. The molecule has 0 aromatic carbocycles. The van der Waals surface area contributed by atoms with Crippen molar-refractivity contribution in [1.82, 2.24) is 14.4 Å². The number of rotatable bonds is 2. The number of nitrogens with zero attached hydrogens (tertiary/aromatic N) is 3. The molecule has 3 heterocycles. The molecule has 0 saturated heterocycles. The summed E-state index contributed by atoms with van der Waals surface area (Å²) in [5.74, 6) is -1.42. The van der Waals surface area contributed by atoms with Gasteiger partial charge in [0.05, 0.1) is 17.5 Å². The minimum absolute atomic E-state index is 0.168. The summed E-state index contributed by atoms with van der Waals surface area (Å²) >= 11 is 0. The van der Waals surface area contributed by atoms with E-state index in [1.54, 1.807) is 16.7 Å². The summed E-state index contributed by atoms with van der Waals surface area (Å²) in [4.78, 5) is 19.3. The fourth-order valence-corrected chi connectivity index (χ4v) is 2.06. The summed E-state index contributed by atoms with van der Waals surface area (Å²) in [6.45, 7) is 1.85. The summed E-state index contributed by atoms with van der Waals surface area (Å²) in [6, 6.07) is 5.85. The van der Waals surface area contributed by atoms with Crippen LogP contribution in [0.25, 0.3) is 17.0 Å². The summed E-state index contributed by atoms with van der Waals surface area (Å²) in [6.07, 6.45) is 2.77. The SMILES string of the molecule is Cc1c(-c2ccc(F)cn2)nc2cc(C(=O)O)ccn12. The van der Waals surface area contributed by atoms with Crippen LogP contribution >= 0.6 is 0 Å². The zero-order valence-electron chi connectivity index (χ0n) is 10.5. The van der Waals surface area contributed by atoms with Gasteiger partial charge in [0.2, 0.25) is 0 Å². The van der Waals surface area contributed by atoms with Crippen LogP contribution in [-0.4, -0.2) is 25.4 Å². The number of fused-ring (bicyclic) bond motifs is 1. The third-order valence-electron chi connectivity index (χ3n) is 3.08. The van der Waals surface area contributed by atoms with Crippen molar-refractivity contribution in [2.24, 2.45) is 0 Å². The lowest BCUT2D eigenvalue weighted by molar-refractivity contribution is 0.0697. The molecule has 0 spiro atoms. The monoisotopic (exact) mass is 271 g/mol. The van der Waals surface area contributed by atoms with Crippen molar-refractivity contribution in [2.75, 3.05) is 0 Å². The van der Waals surface area contributed by atoms with Gasteiger partial charge >= 0.3 is 5.97 Å². The van der Waals surface area contributed by atoms with Gasteiger partial charge in [-0.05, 0) is 31.2 Å². The van der Waals surface area contributed by atoms with Crippen LogP contribution in [0.5, 0.6) is 0 Å². The van der Waals surface area contributed by atoms with Gasteiger partial charge in [0.1, 0.15) is 17.2 Å². The van der Waals surface area contributed by atoms with Gasteiger partial charge in [0.15, 0.2) is 0 Å². The molecule has 6 heteroatoms. The highest BCUT2D eigenvalue weighted by Crippen LogP contribution is 2.22. The Hall–Kier alpha value is -2.76. The third-order valence-corrected chi connectivity index (χ3v) is 3.08. The molecule has 3 rings (SSSR count). The average molecular weight is 271 g/mol. The van der Waals surface area contributed by atoms with E-state index in [9.17, 15) is 9.18 Å². The lowest BCUT2D eigenvalue weighted by Crippen LogP contribution is -1.97. The first-order valence-electron chi connectivity index (χ1n) is 5.90. The number of carbonyl (C=O) groups is 1. The molecule has 0 aliphatic heterocycles. The van der Waals surface area contributed by atoms with Crippen LogP contribution in [0, 0.1) is 12.7 Å². The highest BCUT2D eigenvalue weighted by molar-refractivity contribution is 5.88. The number of aromatic nitrogens is 3. The second-order valence-electron chi connectivity index (χ2n) is 4.36. The molecule has 0 amide bonds. The maximum absolute atomic E-state index is 12.9. The predicted molar refractivity (Wildman–Crippen MR) is 70.1 cm³/mol. The van der Waals surface area contributed by atoms with E-state index in [1.807, 2.05) is 6.92 Å². The zero-order valence-corrected chi connectivity index (χ0v) is 10.5. The summed E-state index contributed by atoms with van der Waals surface area (Å²) in [5.41, 5.74) is 2.65. The number of halogens is 1. The number of hydrogen-bond acceptors (Lipinski definition) is 3. The number of carboxylic acids is 1. The van der Waals surface area contributed by atoms with E-state index in [0.717, 1.165) is 11.9 Å². The van der Waals surface area contributed by atoms with E-state index < -0.39 is 11.8 Å². The van der Waals surface area contributed by atoms with E-state index in [2.05, 4.69) is 9.97 Å². The van der Waals surface area contributed by atoms with Gasteiger partial charge in [-0.15, -0.1) is 0 Å². The van der Waals surface area contributed by atoms with E-state index in [1.165, 1.54) is 18.2 Å². The van der Waals surface area contributed by atoms with Gasteiger partial charge in [-0.25, -0.2) is 14.2 Å². The first-order chi connectivity index (χ1) is 9.56. The van der Waals surface area contributed by atoms with E-state index in [0.29, 0.717) is 17.0 Å². The summed E-state index contributed by atoms with van der Waals surface area (Å²) in [5, 5.41) is 8.98. The number of pyridine rings is 2. The molecule has 1 N–H and O–H groups in total. The second-order valence-corrected chi connectivity index (χ2v) is 4.36. The average Bonchev–Trinajstić information content (AvgIpc) is 2.76. The minimum Gasteiger partial charge on any atom is -0.478 e. The van der Waals surface area contributed by atoms with Crippen LogP contribution in [0.4, 0.5) is 4.39 Å². The third kappa shape index (κ3) is 1.91. The molecule has 100 valence electrons. The normalized spacial score (nSPS) is 10.9. The first kappa shape index (κ1) is 12.3. The Kier molecular flexibility index (Phi) is 2.71. The van der Waals surface area contributed by atoms with Crippen molar-refractivity contribution < 1.29 is 14.3 Å². The number of carboxylic acid groups (broad SMARTS) is 1. The van der Waals surface area contributed by atoms with E-state index >= 15 is 0 Å². The molecule has 0 saturated carbocycles. The van der Waals surface area contributed by atoms with E-state index in [-0.39, 0.29) is 5.56 Å². The van der Waals surface area contributed by atoms with Crippen LogP contribution in [0.1, 0.15) is 16.1 Å². The van der Waals surface area contributed by atoms with Gasteiger partial charge in [0, 0.05) is 11.9 Å². The molecule has 0 unspecified atom stereocenters. The predicted octanol–water partition coefficient (Wildman–Crippen LogP) is 2.54. The van der Waals surface area contributed by atoms with Gasteiger partial charge in [-0.3, -0.25) is 4.98 Å². The topological polar surface area (TPSA) is 67.5 Å². The molecule has 5 nitrogen and oxygen atoms in total. The largest absolute Gasteiger partial charge is 0.478 e. The Balaban J connectivity index is 2.19. The van der Waals surface area contributed by atoms with Crippen LogP contribution in [0.2, 0.25) is 0 Å². The highest BCUT2D eigenvalue weighted by Gasteiger charge is 2.13. The fraction of sp³-hybridized carbons (Fsp3) is 0.0714. The van der Waals surface area contributed by atoms with Gasteiger partial charge in [0.25, 0.3) is 0 Å². The Bertz CT molecular complexity index is 809. The van der Waals surface area contributed by atoms with Crippen molar-refractivity contribution in [3.63, 3.8) is 0 Å².